The first-order chi connectivity index (χ1) is 38.8. The molecule has 0 bridgehead atoms. The zero-order chi connectivity index (χ0) is 55.5. The van der Waals surface area contributed by atoms with Crippen molar-refractivity contribution in [2.45, 2.75) is 88.8 Å². The van der Waals surface area contributed by atoms with E-state index in [-0.39, 0.29) is 54.2 Å². The fraction of sp³-hybridized carbons (Fsp3) is 0.475. The average molecular weight is 1090 g/mol. The molecule has 20 nitrogen and oxygen atoms in total. The number of methoxy groups -OCH3 is 1. The van der Waals surface area contributed by atoms with Crippen molar-refractivity contribution >= 4 is 52.8 Å². The quantitative estimate of drug-likeness (QED) is 0.0981. The van der Waals surface area contributed by atoms with E-state index in [4.69, 9.17) is 20.3 Å². The topological polar surface area (TPSA) is 231 Å². The maximum atomic E-state index is 13.8. The molecule has 6 amide bonds. The highest BCUT2D eigenvalue weighted by Gasteiger charge is 2.49. The Kier molecular flexibility index (Phi) is 15.9. The maximum Gasteiger partial charge on any atom is 0.361 e. The van der Waals surface area contributed by atoms with E-state index in [0.29, 0.717) is 82.8 Å². The molecule has 420 valence electrons. The molecule has 5 saturated heterocycles. The first-order valence-corrected chi connectivity index (χ1v) is 28.1. The van der Waals surface area contributed by atoms with Gasteiger partial charge in [0, 0.05) is 99.3 Å². The van der Waals surface area contributed by atoms with Gasteiger partial charge in [-0.15, -0.1) is 0 Å². The number of nitrogens with zero attached hydrogens (tertiary/aromatic N) is 9. The number of benzene rings is 3. The first-order valence-electron chi connectivity index (χ1n) is 28.1. The van der Waals surface area contributed by atoms with Gasteiger partial charge >= 0.3 is 12.0 Å². The van der Waals surface area contributed by atoms with E-state index < -0.39 is 29.8 Å². The third-order valence-corrected chi connectivity index (χ3v) is 17.6. The van der Waals surface area contributed by atoms with Crippen molar-refractivity contribution in [3.63, 3.8) is 0 Å². The summed E-state index contributed by atoms with van der Waals surface area (Å²) in [6, 6.07) is 19.1. The number of carbonyl (C=O) groups excluding carboxylic acids is 6. The molecule has 1 spiro atoms. The van der Waals surface area contributed by atoms with Gasteiger partial charge in [-0.05, 0) is 131 Å². The molecular weight excluding hydrogens is 1020 g/mol. The molecule has 5 aromatic rings. The molecule has 2 aromatic heterocycles. The smallest absolute Gasteiger partial charge is 0.361 e. The number of aromatic nitrogens is 4. The number of anilines is 3. The van der Waals surface area contributed by atoms with Crippen molar-refractivity contribution in [1.82, 2.24) is 44.7 Å². The molecule has 1 atom stereocenters. The Morgan fingerprint density at radius 3 is 2.25 bits per heavy atom. The van der Waals surface area contributed by atoms with Gasteiger partial charge in [-0.25, -0.2) is 23.9 Å². The molecule has 3 aromatic carbocycles. The highest BCUT2D eigenvalue weighted by molar-refractivity contribution is 6.07. The zero-order valence-corrected chi connectivity index (χ0v) is 45.1. The molecule has 6 aliphatic rings. The summed E-state index contributed by atoms with van der Waals surface area (Å²) in [5.41, 5.74) is 8.95. The Labute approximate surface area is 464 Å². The van der Waals surface area contributed by atoms with Gasteiger partial charge in [0.15, 0.2) is 11.5 Å². The standard InChI is InChI=1S/C59H69FN12O8/c1-79-49-12-7-41(31-48(49)71-28-19-50(73)66-58(71)78)56(76)69-26-15-40(16-27-69)55(75)70-29-20-59(21-30-70)32-46(33-59)68-24-13-38(14-25-68)36-67-22-17-45(18-23-67)72-37-42(34-63-72)47-35-62-53(61)51(65-47)57(77)80-52(39-5-3-2-4-6-39)54(74)64-44-10-8-43(60)9-11-44/h2-12,31,34-35,37-38,40,45-46,52H,13-30,32-33,36H2,1H3,(H2,61,62)(H,64,74)(H,66,73,78)/t52-/m1/s1. The molecule has 4 N–H and O–H groups in total. The number of ether oxygens (including phenoxy) is 2. The number of piperidine rings is 4. The number of rotatable bonds is 14. The van der Waals surface area contributed by atoms with Crippen molar-refractivity contribution in [3.05, 3.63) is 114 Å². The van der Waals surface area contributed by atoms with Crippen LogP contribution < -0.4 is 26.0 Å². The van der Waals surface area contributed by atoms with Crippen LogP contribution in [0.2, 0.25) is 0 Å². The van der Waals surface area contributed by atoms with Crippen LogP contribution in [-0.2, 0) is 19.1 Å². The summed E-state index contributed by atoms with van der Waals surface area (Å²) < 4.78 is 26.7. The van der Waals surface area contributed by atoms with E-state index in [2.05, 4.69) is 35.3 Å². The second-order valence-corrected chi connectivity index (χ2v) is 22.5. The fourth-order valence-electron chi connectivity index (χ4n) is 12.8. The van der Waals surface area contributed by atoms with Gasteiger partial charge in [-0.2, -0.15) is 5.10 Å². The number of hydrogen-bond acceptors (Lipinski definition) is 14. The molecule has 6 fully saturated rings. The molecule has 1 saturated carbocycles. The van der Waals surface area contributed by atoms with Gasteiger partial charge in [0.05, 0.1) is 36.9 Å². The molecule has 11 rings (SSSR count). The predicted molar refractivity (Wildman–Crippen MR) is 295 cm³/mol. The van der Waals surface area contributed by atoms with Gasteiger partial charge in [0.1, 0.15) is 11.6 Å². The second-order valence-electron chi connectivity index (χ2n) is 22.5. The predicted octanol–water partition coefficient (Wildman–Crippen LogP) is 6.73. The number of nitrogens with two attached hydrogens (primary N) is 1. The largest absolute Gasteiger partial charge is 0.495 e. The fourth-order valence-corrected chi connectivity index (χ4v) is 12.8. The highest BCUT2D eigenvalue weighted by atomic mass is 19.1. The van der Waals surface area contributed by atoms with Crippen LogP contribution in [0.25, 0.3) is 11.3 Å². The Bertz CT molecular complexity index is 3080. The number of likely N-dealkylation sites (tertiary alicyclic amines) is 4. The summed E-state index contributed by atoms with van der Waals surface area (Å²) >= 11 is 0. The van der Waals surface area contributed by atoms with Gasteiger partial charge in [0.25, 0.3) is 11.8 Å². The van der Waals surface area contributed by atoms with Crippen LogP contribution in [-0.4, -0.2) is 154 Å². The number of halogens is 1. The monoisotopic (exact) mass is 1090 g/mol. The number of imide groups is 1. The highest BCUT2D eigenvalue weighted by Crippen LogP contribution is 2.52. The molecule has 0 radical (unpaired) electrons. The number of hydrogen-bond donors (Lipinski definition) is 3. The number of esters is 1. The lowest BCUT2D eigenvalue weighted by Crippen LogP contribution is -2.57. The van der Waals surface area contributed by atoms with Gasteiger partial charge in [-0.3, -0.25) is 34.1 Å². The van der Waals surface area contributed by atoms with Crippen LogP contribution in [0.4, 0.5) is 26.4 Å². The summed E-state index contributed by atoms with van der Waals surface area (Å²) in [6.07, 6.45) is 14.0. The number of nitrogens with one attached hydrogen (secondary N) is 2. The van der Waals surface area contributed by atoms with E-state index in [1.54, 1.807) is 59.6 Å². The lowest BCUT2D eigenvalue weighted by Gasteiger charge is -2.56. The molecule has 21 heteroatoms. The Balaban J connectivity index is 0.591. The minimum atomic E-state index is -1.36. The van der Waals surface area contributed by atoms with Crippen LogP contribution in [0.1, 0.15) is 109 Å². The third kappa shape index (κ3) is 11.9. The van der Waals surface area contributed by atoms with Crippen molar-refractivity contribution in [2.75, 3.05) is 88.5 Å². The molecule has 1 aliphatic carbocycles. The Morgan fingerprint density at radius 2 is 1.55 bits per heavy atom. The second kappa shape index (κ2) is 23.5. The van der Waals surface area contributed by atoms with Gasteiger partial charge < -0.3 is 40.1 Å². The minimum Gasteiger partial charge on any atom is -0.495 e. The van der Waals surface area contributed by atoms with Crippen LogP contribution >= 0.6 is 0 Å². The van der Waals surface area contributed by atoms with Crippen molar-refractivity contribution in [2.24, 2.45) is 17.3 Å². The Hall–Kier alpha value is -7.78. The van der Waals surface area contributed by atoms with Crippen LogP contribution in [0, 0.1) is 23.1 Å². The number of nitrogen functional groups attached to an aromatic ring is 1. The van der Waals surface area contributed by atoms with E-state index in [1.807, 2.05) is 10.9 Å². The van der Waals surface area contributed by atoms with Crippen molar-refractivity contribution in [1.29, 1.82) is 0 Å². The van der Waals surface area contributed by atoms with E-state index in [0.717, 1.165) is 71.5 Å². The summed E-state index contributed by atoms with van der Waals surface area (Å²) in [4.78, 5) is 98.3. The van der Waals surface area contributed by atoms with Crippen molar-refractivity contribution in [3.8, 4) is 17.0 Å². The van der Waals surface area contributed by atoms with Crippen LogP contribution in [0.15, 0.2) is 91.4 Å². The normalized spacial score (nSPS) is 20.2. The number of urea groups is 1. The summed E-state index contributed by atoms with van der Waals surface area (Å²) in [5.74, 6) is -1.42. The van der Waals surface area contributed by atoms with E-state index in [1.165, 1.54) is 68.2 Å². The molecule has 5 aliphatic heterocycles. The first kappa shape index (κ1) is 54.2. The van der Waals surface area contributed by atoms with Gasteiger partial charge in [-0.1, -0.05) is 30.3 Å². The van der Waals surface area contributed by atoms with E-state index >= 15 is 0 Å². The summed E-state index contributed by atoms with van der Waals surface area (Å²) in [6.45, 7) is 8.11. The third-order valence-electron chi connectivity index (χ3n) is 17.6. The van der Waals surface area contributed by atoms with Crippen LogP contribution in [0.3, 0.4) is 0 Å². The maximum absolute atomic E-state index is 13.8. The summed E-state index contributed by atoms with van der Waals surface area (Å²) in [5, 5.41) is 9.71. The number of amides is 6. The van der Waals surface area contributed by atoms with Crippen LogP contribution in [0.5, 0.6) is 5.75 Å². The molecule has 7 heterocycles. The molecular formula is C59H69FN12O8. The van der Waals surface area contributed by atoms with E-state index in [9.17, 15) is 33.2 Å². The zero-order valence-electron chi connectivity index (χ0n) is 45.1. The molecule has 0 unspecified atom stereocenters. The SMILES string of the molecule is COc1ccc(C(=O)N2CCC(C(=O)N3CCC4(CC3)CC(N3CCC(CN5CCC(n6cc(-c7cnc(N)c(C(=O)O[C@@H](C(=O)Nc8ccc(F)cc8)c8ccccc8)n7)cn6)CC5)CC3)C4)CC2)cc1N1CCC(=O)NC1=O. The minimum absolute atomic E-state index is 0.0986. The Morgan fingerprint density at radius 1 is 0.825 bits per heavy atom. The lowest BCUT2D eigenvalue weighted by molar-refractivity contribution is -0.141. The lowest BCUT2D eigenvalue weighted by atomic mass is 9.59. The summed E-state index contributed by atoms with van der Waals surface area (Å²) in [7, 11) is 1.50. The average Bonchev–Trinajstić information content (AvgIpc) is 3.99. The van der Waals surface area contributed by atoms with Gasteiger partial charge in [0.2, 0.25) is 17.9 Å². The molecule has 80 heavy (non-hydrogen) atoms. The van der Waals surface area contributed by atoms with Crippen molar-refractivity contribution < 1.29 is 42.6 Å². The number of carbonyl (C=O) groups is 6.